The van der Waals surface area contributed by atoms with Gasteiger partial charge in [0.05, 0.1) is 6.61 Å². The van der Waals surface area contributed by atoms with Crippen LogP contribution in [0.4, 0.5) is 0 Å². The van der Waals surface area contributed by atoms with E-state index in [0.717, 1.165) is 29.9 Å². The zero-order chi connectivity index (χ0) is 14.9. The molecular weight excluding hydrogens is 346 g/mol. The van der Waals surface area contributed by atoms with E-state index in [0.29, 0.717) is 0 Å². The van der Waals surface area contributed by atoms with Gasteiger partial charge in [0.2, 0.25) is 0 Å². The highest BCUT2D eigenvalue weighted by Crippen LogP contribution is 2.24. The van der Waals surface area contributed by atoms with Crippen LogP contribution in [0.5, 0.6) is 0 Å². The Morgan fingerprint density at radius 3 is 2.67 bits per heavy atom. The molecule has 112 valence electrons. The van der Waals surface area contributed by atoms with E-state index in [-0.39, 0.29) is 0 Å². The minimum atomic E-state index is 0.748. The number of halogens is 1. The van der Waals surface area contributed by atoms with Crippen LogP contribution in [0.1, 0.15) is 11.1 Å². The maximum atomic E-state index is 5.03. The molecule has 0 spiro atoms. The summed E-state index contributed by atoms with van der Waals surface area (Å²) in [7, 11) is 1.72. The van der Waals surface area contributed by atoms with Crippen LogP contribution in [0.25, 0.3) is 0 Å². The fourth-order valence-corrected chi connectivity index (χ4v) is 3.10. The second-order valence-corrected chi connectivity index (χ2v) is 6.70. The molecule has 0 amide bonds. The average molecular weight is 366 g/mol. The Hall–Kier alpha value is -0.810. The molecular formula is C17H20BrNOS. The van der Waals surface area contributed by atoms with Gasteiger partial charge in [0.1, 0.15) is 0 Å². The molecule has 0 fully saturated rings. The second kappa shape index (κ2) is 9.26. The third-order valence-corrected chi connectivity index (χ3v) is 4.62. The van der Waals surface area contributed by atoms with Gasteiger partial charge in [-0.05, 0) is 35.4 Å². The smallest absolute Gasteiger partial charge is 0.0587 e. The molecule has 0 radical (unpaired) electrons. The van der Waals surface area contributed by atoms with E-state index in [2.05, 4.69) is 69.8 Å². The summed E-state index contributed by atoms with van der Waals surface area (Å²) in [6.07, 6.45) is 0. The molecule has 0 saturated carbocycles. The monoisotopic (exact) mass is 365 g/mol. The standard InChI is InChI=1S/C17H20BrNOS/c1-20-10-9-19-12-15-3-2-4-17(11-15)21-13-14-5-7-16(18)8-6-14/h2-8,11,19H,9-10,12-13H2,1H3. The molecule has 2 nitrogen and oxygen atoms in total. The number of benzene rings is 2. The Bertz CT molecular complexity index is 545. The number of methoxy groups -OCH3 is 1. The zero-order valence-electron chi connectivity index (χ0n) is 12.1. The molecule has 21 heavy (non-hydrogen) atoms. The minimum absolute atomic E-state index is 0.748. The van der Waals surface area contributed by atoms with Gasteiger partial charge in [0.25, 0.3) is 0 Å². The fraction of sp³-hybridized carbons (Fsp3) is 0.294. The van der Waals surface area contributed by atoms with E-state index < -0.39 is 0 Å². The van der Waals surface area contributed by atoms with E-state index >= 15 is 0 Å². The van der Waals surface area contributed by atoms with Gasteiger partial charge in [-0.1, -0.05) is 40.2 Å². The summed E-state index contributed by atoms with van der Waals surface area (Å²) >= 11 is 5.33. The molecule has 0 unspecified atom stereocenters. The largest absolute Gasteiger partial charge is 0.383 e. The number of rotatable bonds is 8. The van der Waals surface area contributed by atoms with Gasteiger partial charge in [-0.15, -0.1) is 11.8 Å². The third-order valence-electron chi connectivity index (χ3n) is 3.03. The van der Waals surface area contributed by atoms with E-state index in [1.807, 2.05) is 11.8 Å². The number of hydrogen-bond donors (Lipinski definition) is 1. The van der Waals surface area contributed by atoms with Crippen LogP contribution in [0.15, 0.2) is 57.9 Å². The Morgan fingerprint density at radius 2 is 1.90 bits per heavy atom. The van der Waals surface area contributed by atoms with Gasteiger partial charge in [0.15, 0.2) is 0 Å². The molecule has 0 bridgehead atoms. The van der Waals surface area contributed by atoms with E-state index in [1.54, 1.807) is 7.11 Å². The predicted octanol–water partition coefficient (Wildman–Crippen LogP) is 4.48. The summed E-state index contributed by atoms with van der Waals surface area (Å²) < 4.78 is 6.15. The first-order chi connectivity index (χ1) is 10.3. The normalized spacial score (nSPS) is 10.8. The Labute approximate surface area is 139 Å². The first-order valence-electron chi connectivity index (χ1n) is 6.94. The molecule has 1 N–H and O–H groups in total. The van der Waals surface area contributed by atoms with Crippen LogP contribution in [-0.2, 0) is 17.0 Å². The first kappa shape index (κ1) is 16.6. The summed E-state index contributed by atoms with van der Waals surface area (Å²) in [6, 6.07) is 17.2. The Balaban J connectivity index is 1.84. The summed E-state index contributed by atoms with van der Waals surface area (Å²) in [6.45, 7) is 2.51. The van der Waals surface area contributed by atoms with Crippen molar-refractivity contribution in [1.82, 2.24) is 5.32 Å². The molecule has 2 rings (SSSR count). The van der Waals surface area contributed by atoms with Crippen molar-refractivity contribution in [2.24, 2.45) is 0 Å². The van der Waals surface area contributed by atoms with E-state index in [9.17, 15) is 0 Å². The van der Waals surface area contributed by atoms with Crippen molar-refractivity contribution in [1.29, 1.82) is 0 Å². The summed E-state index contributed by atoms with van der Waals surface area (Å²) in [4.78, 5) is 1.31. The maximum Gasteiger partial charge on any atom is 0.0587 e. The van der Waals surface area contributed by atoms with Crippen molar-refractivity contribution >= 4 is 27.7 Å². The lowest BCUT2D eigenvalue weighted by Crippen LogP contribution is -2.18. The number of ether oxygens (including phenoxy) is 1. The lowest BCUT2D eigenvalue weighted by molar-refractivity contribution is 0.199. The molecule has 4 heteroatoms. The highest BCUT2D eigenvalue weighted by Gasteiger charge is 1.99. The van der Waals surface area contributed by atoms with Gasteiger partial charge in [-0.25, -0.2) is 0 Å². The van der Waals surface area contributed by atoms with Gasteiger partial charge < -0.3 is 10.1 Å². The summed E-state index contributed by atoms with van der Waals surface area (Å²) in [5, 5.41) is 3.37. The van der Waals surface area contributed by atoms with Crippen LogP contribution in [0.2, 0.25) is 0 Å². The SMILES string of the molecule is COCCNCc1cccc(SCc2ccc(Br)cc2)c1. The second-order valence-electron chi connectivity index (χ2n) is 4.73. The highest BCUT2D eigenvalue weighted by atomic mass is 79.9. The van der Waals surface area contributed by atoms with E-state index in [4.69, 9.17) is 4.74 Å². The molecule has 0 aromatic heterocycles. The average Bonchev–Trinajstić information content (AvgIpc) is 2.52. The van der Waals surface area contributed by atoms with E-state index in [1.165, 1.54) is 16.0 Å². The quantitative estimate of drug-likeness (QED) is 0.550. The van der Waals surface area contributed by atoms with Gasteiger partial charge in [-0.3, -0.25) is 0 Å². The van der Waals surface area contributed by atoms with Crippen molar-refractivity contribution in [3.05, 3.63) is 64.1 Å². The lowest BCUT2D eigenvalue weighted by Gasteiger charge is -2.07. The van der Waals surface area contributed by atoms with Crippen molar-refractivity contribution in [2.75, 3.05) is 20.3 Å². The predicted molar refractivity (Wildman–Crippen MR) is 93.7 cm³/mol. The summed E-state index contributed by atoms with van der Waals surface area (Å²) in [5.41, 5.74) is 2.65. The van der Waals surface area contributed by atoms with Crippen LogP contribution >= 0.6 is 27.7 Å². The molecule has 0 atom stereocenters. The number of nitrogens with one attached hydrogen (secondary N) is 1. The lowest BCUT2D eigenvalue weighted by atomic mass is 10.2. The van der Waals surface area contributed by atoms with Crippen molar-refractivity contribution < 1.29 is 4.74 Å². The topological polar surface area (TPSA) is 21.3 Å². The zero-order valence-corrected chi connectivity index (χ0v) is 14.5. The van der Waals surface area contributed by atoms with Gasteiger partial charge in [-0.2, -0.15) is 0 Å². The minimum Gasteiger partial charge on any atom is -0.383 e. The van der Waals surface area contributed by atoms with Crippen molar-refractivity contribution in [3.8, 4) is 0 Å². The first-order valence-corrected chi connectivity index (χ1v) is 8.71. The molecule has 0 aliphatic carbocycles. The molecule has 0 saturated heterocycles. The Morgan fingerprint density at radius 1 is 1.10 bits per heavy atom. The van der Waals surface area contributed by atoms with Crippen LogP contribution in [0.3, 0.4) is 0 Å². The molecule has 0 aliphatic heterocycles. The van der Waals surface area contributed by atoms with Crippen LogP contribution in [0, 0.1) is 0 Å². The molecule has 0 heterocycles. The van der Waals surface area contributed by atoms with Crippen LogP contribution in [-0.4, -0.2) is 20.3 Å². The highest BCUT2D eigenvalue weighted by molar-refractivity contribution is 9.10. The molecule has 2 aromatic rings. The third kappa shape index (κ3) is 6.22. The maximum absolute atomic E-state index is 5.03. The number of hydrogen-bond acceptors (Lipinski definition) is 3. The number of thioether (sulfide) groups is 1. The van der Waals surface area contributed by atoms with Crippen molar-refractivity contribution in [3.63, 3.8) is 0 Å². The molecule has 2 aromatic carbocycles. The van der Waals surface area contributed by atoms with Crippen molar-refractivity contribution in [2.45, 2.75) is 17.2 Å². The van der Waals surface area contributed by atoms with Crippen LogP contribution < -0.4 is 5.32 Å². The fourth-order valence-electron chi connectivity index (χ4n) is 1.90. The summed E-state index contributed by atoms with van der Waals surface area (Å²) in [5.74, 6) is 0.994. The Kier molecular flexibility index (Phi) is 7.30. The van der Waals surface area contributed by atoms with Gasteiger partial charge >= 0.3 is 0 Å². The molecule has 0 aliphatic rings. The van der Waals surface area contributed by atoms with Gasteiger partial charge in [0, 0.05) is 35.3 Å².